The molecule has 0 spiro atoms. The number of amidine groups is 1. The third-order valence-electron chi connectivity index (χ3n) is 4.32. The van der Waals surface area contributed by atoms with E-state index in [0.717, 1.165) is 44.2 Å². The summed E-state index contributed by atoms with van der Waals surface area (Å²) in [4.78, 5) is 14.0. The third-order valence-corrected chi connectivity index (χ3v) is 6.77. The van der Waals surface area contributed by atoms with Crippen LogP contribution < -0.4 is 0 Å². The van der Waals surface area contributed by atoms with Crippen LogP contribution in [0.4, 0.5) is 4.39 Å². The van der Waals surface area contributed by atoms with Gasteiger partial charge in [-0.2, -0.15) is 8.42 Å². The zero-order valence-electron chi connectivity index (χ0n) is 13.3. The highest BCUT2D eigenvalue weighted by Crippen LogP contribution is 2.34. The van der Waals surface area contributed by atoms with E-state index in [-0.39, 0.29) is 27.3 Å². The molecule has 1 saturated heterocycles. The Morgan fingerprint density at radius 1 is 1.17 bits per heavy atom. The second kappa shape index (κ2) is 6.84. The average molecular weight is 370 g/mol. The lowest BCUT2D eigenvalue weighted by atomic mass is 9.94. The number of thioether (sulfide) groups is 1. The predicted octanol–water partition coefficient (Wildman–Crippen LogP) is 3.17. The molecule has 1 aromatic rings. The minimum absolute atomic E-state index is 0.0193. The number of hydrogen-bond acceptors (Lipinski definition) is 4. The number of rotatable bonds is 3. The van der Waals surface area contributed by atoms with Crippen LogP contribution in [0.15, 0.2) is 33.6 Å². The molecule has 3 rings (SSSR count). The molecule has 0 unspecified atom stereocenters. The molecule has 130 valence electrons. The highest BCUT2D eigenvalue weighted by Gasteiger charge is 2.40. The topological polar surface area (TPSA) is 66.8 Å². The summed E-state index contributed by atoms with van der Waals surface area (Å²) in [6, 6.07) is 4.56. The van der Waals surface area contributed by atoms with Crippen molar-refractivity contribution in [1.82, 2.24) is 4.90 Å². The van der Waals surface area contributed by atoms with Gasteiger partial charge < -0.3 is 0 Å². The number of halogens is 1. The Bertz CT molecular complexity index is 756. The van der Waals surface area contributed by atoms with Crippen molar-refractivity contribution in [3.05, 3.63) is 30.1 Å². The summed E-state index contributed by atoms with van der Waals surface area (Å²) < 4.78 is 41.9. The lowest BCUT2D eigenvalue weighted by Gasteiger charge is -2.30. The van der Waals surface area contributed by atoms with Crippen molar-refractivity contribution < 1.29 is 17.6 Å². The van der Waals surface area contributed by atoms with Gasteiger partial charge in [-0.25, -0.2) is 4.39 Å². The van der Waals surface area contributed by atoms with Crippen LogP contribution in [-0.4, -0.2) is 35.7 Å². The Labute approximate surface area is 145 Å². The summed E-state index contributed by atoms with van der Waals surface area (Å²) >= 11 is 1.17. The molecule has 2 aliphatic rings. The molecule has 1 aliphatic carbocycles. The average Bonchev–Trinajstić information content (AvgIpc) is 2.82. The van der Waals surface area contributed by atoms with Crippen LogP contribution in [0.1, 0.15) is 39.0 Å². The number of hydrogen-bond donors (Lipinski definition) is 0. The van der Waals surface area contributed by atoms with Gasteiger partial charge in [0.05, 0.1) is 10.1 Å². The van der Waals surface area contributed by atoms with Gasteiger partial charge in [-0.1, -0.05) is 31.0 Å². The molecule has 0 radical (unpaired) electrons. The molecule has 24 heavy (non-hydrogen) atoms. The van der Waals surface area contributed by atoms with Crippen LogP contribution in [0.5, 0.6) is 0 Å². The normalized spacial score (nSPS) is 24.8. The first-order valence-corrected chi connectivity index (χ1v) is 10.3. The van der Waals surface area contributed by atoms with E-state index in [2.05, 4.69) is 4.40 Å². The Morgan fingerprint density at radius 2 is 1.79 bits per heavy atom. The summed E-state index contributed by atoms with van der Waals surface area (Å²) in [6.45, 7) is 1.76. The first-order chi connectivity index (χ1) is 11.4. The molecule has 1 heterocycles. The monoisotopic (exact) mass is 370 g/mol. The molecule has 2 fully saturated rings. The maximum atomic E-state index is 13.0. The molecule has 0 aromatic heterocycles. The SMILES string of the molecule is C[C@H]1SC(=NS(=O)(=O)c2ccc(F)cc2)N(C2CCCCC2)C1=O. The van der Waals surface area contributed by atoms with Crippen LogP contribution in [0.25, 0.3) is 0 Å². The molecule has 5 nitrogen and oxygen atoms in total. The zero-order chi connectivity index (χ0) is 17.3. The molecule has 1 atom stereocenters. The van der Waals surface area contributed by atoms with Gasteiger partial charge in [-0.3, -0.25) is 9.69 Å². The molecule has 0 bridgehead atoms. The van der Waals surface area contributed by atoms with Crippen molar-refractivity contribution in [2.24, 2.45) is 4.40 Å². The summed E-state index contributed by atoms with van der Waals surface area (Å²) in [5.41, 5.74) is 0. The van der Waals surface area contributed by atoms with E-state index in [1.165, 1.54) is 23.9 Å². The van der Waals surface area contributed by atoms with Crippen LogP contribution in [0.2, 0.25) is 0 Å². The molecule has 8 heteroatoms. The van der Waals surface area contributed by atoms with E-state index < -0.39 is 15.8 Å². The fourth-order valence-electron chi connectivity index (χ4n) is 3.06. The molecule has 1 aromatic carbocycles. The van der Waals surface area contributed by atoms with Gasteiger partial charge >= 0.3 is 0 Å². The van der Waals surface area contributed by atoms with Gasteiger partial charge in [-0.15, -0.1) is 4.40 Å². The maximum Gasteiger partial charge on any atom is 0.284 e. The van der Waals surface area contributed by atoms with Crippen molar-refractivity contribution in [3.8, 4) is 0 Å². The fraction of sp³-hybridized carbons (Fsp3) is 0.500. The number of benzene rings is 1. The lowest BCUT2D eigenvalue weighted by Crippen LogP contribution is -2.42. The van der Waals surface area contributed by atoms with Crippen LogP contribution in [0.3, 0.4) is 0 Å². The van der Waals surface area contributed by atoms with E-state index >= 15 is 0 Å². The molecule has 1 aliphatic heterocycles. The van der Waals surface area contributed by atoms with E-state index in [9.17, 15) is 17.6 Å². The second-order valence-electron chi connectivity index (χ2n) is 6.06. The molecule has 1 saturated carbocycles. The van der Waals surface area contributed by atoms with E-state index in [0.29, 0.717) is 0 Å². The number of carbonyl (C=O) groups is 1. The highest BCUT2D eigenvalue weighted by atomic mass is 32.2. The largest absolute Gasteiger partial charge is 0.287 e. The predicted molar refractivity (Wildman–Crippen MR) is 91.8 cm³/mol. The number of amides is 1. The van der Waals surface area contributed by atoms with Gasteiger partial charge in [0.15, 0.2) is 5.17 Å². The Hall–Kier alpha value is -1.41. The smallest absolute Gasteiger partial charge is 0.284 e. The fourth-order valence-corrected chi connectivity index (χ4v) is 5.29. The number of nitrogens with zero attached hydrogens (tertiary/aromatic N) is 2. The minimum Gasteiger partial charge on any atom is -0.287 e. The molecule has 0 N–H and O–H groups in total. The van der Waals surface area contributed by atoms with Gasteiger partial charge in [0.2, 0.25) is 5.91 Å². The Morgan fingerprint density at radius 3 is 2.42 bits per heavy atom. The van der Waals surface area contributed by atoms with E-state index in [1.807, 2.05) is 0 Å². The van der Waals surface area contributed by atoms with Gasteiger partial charge in [0.25, 0.3) is 10.0 Å². The summed E-state index contributed by atoms with van der Waals surface area (Å²) in [6.07, 6.45) is 4.95. The van der Waals surface area contributed by atoms with Gasteiger partial charge in [0, 0.05) is 6.04 Å². The summed E-state index contributed by atoms with van der Waals surface area (Å²) in [7, 11) is -3.97. The first-order valence-electron chi connectivity index (χ1n) is 7.99. The highest BCUT2D eigenvalue weighted by molar-refractivity contribution is 8.16. The van der Waals surface area contributed by atoms with Crippen LogP contribution in [-0.2, 0) is 14.8 Å². The number of carbonyl (C=O) groups excluding carboxylic acids is 1. The van der Waals surface area contributed by atoms with Crippen LogP contribution >= 0.6 is 11.8 Å². The zero-order valence-corrected chi connectivity index (χ0v) is 14.9. The molecule has 1 amide bonds. The summed E-state index contributed by atoms with van der Waals surface area (Å²) in [5, 5.41) is -0.0992. The maximum absolute atomic E-state index is 13.0. The van der Waals surface area contributed by atoms with Crippen molar-refractivity contribution >= 4 is 32.9 Å². The summed E-state index contributed by atoms with van der Waals surface area (Å²) in [5.74, 6) is -0.593. The van der Waals surface area contributed by atoms with Gasteiger partial charge in [-0.05, 0) is 44.0 Å². The van der Waals surface area contributed by atoms with Crippen molar-refractivity contribution in [3.63, 3.8) is 0 Å². The Kier molecular flexibility index (Phi) is 4.96. The second-order valence-corrected chi connectivity index (χ2v) is 8.98. The van der Waals surface area contributed by atoms with Crippen LogP contribution in [0, 0.1) is 5.82 Å². The lowest BCUT2D eigenvalue weighted by molar-refractivity contribution is -0.127. The van der Waals surface area contributed by atoms with Crippen molar-refractivity contribution in [1.29, 1.82) is 0 Å². The molecular weight excluding hydrogens is 351 g/mol. The third kappa shape index (κ3) is 3.49. The minimum atomic E-state index is -3.97. The van der Waals surface area contributed by atoms with E-state index in [1.54, 1.807) is 11.8 Å². The van der Waals surface area contributed by atoms with E-state index in [4.69, 9.17) is 0 Å². The number of sulfonamides is 1. The van der Waals surface area contributed by atoms with Crippen molar-refractivity contribution in [2.75, 3.05) is 0 Å². The first kappa shape index (κ1) is 17.4. The quantitative estimate of drug-likeness (QED) is 0.820. The standard InChI is InChI=1S/C16H19FN2O3S2/c1-11-15(20)19(13-5-3-2-4-6-13)16(23-11)18-24(21,22)14-9-7-12(17)8-10-14/h7-11,13H,2-6H2,1H3/t11-/m1/s1. The van der Waals surface area contributed by atoms with Crippen molar-refractivity contribution in [2.45, 2.75) is 55.2 Å². The van der Waals surface area contributed by atoms with Gasteiger partial charge in [0.1, 0.15) is 5.82 Å². The Balaban J connectivity index is 1.93. The molecular formula is C16H19FN2O3S2.